The summed E-state index contributed by atoms with van der Waals surface area (Å²) in [6.45, 7) is 0. The summed E-state index contributed by atoms with van der Waals surface area (Å²) in [6.07, 6.45) is 1.50. The second kappa shape index (κ2) is 5.84. The standard InChI is InChI=1S/C14H11BrFNO2/c1-19-13-7-10(15)6-9(14(13)18)8-17-12-4-2-11(16)3-5-12/h2-8,18H,1H3. The van der Waals surface area contributed by atoms with Gasteiger partial charge in [-0.05, 0) is 36.4 Å². The quantitative estimate of drug-likeness (QED) is 0.866. The minimum atomic E-state index is -0.314. The van der Waals surface area contributed by atoms with Crippen LogP contribution >= 0.6 is 15.9 Å². The summed E-state index contributed by atoms with van der Waals surface area (Å²) >= 11 is 3.32. The molecule has 19 heavy (non-hydrogen) atoms. The molecule has 0 spiro atoms. The Morgan fingerprint density at radius 1 is 1.26 bits per heavy atom. The third kappa shape index (κ3) is 3.32. The molecule has 0 fully saturated rings. The Hall–Kier alpha value is -1.88. The lowest BCUT2D eigenvalue weighted by Gasteiger charge is -2.06. The zero-order valence-electron chi connectivity index (χ0n) is 10.1. The normalized spacial score (nSPS) is 10.9. The molecular weight excluding hydrogens is 313 g/mol. The van der Waals surface area contributed by atoms with Gasteiger partial charge in [-0.25, -0.2) is 4.39 Å². The van der Waals surface area contributed by atoms with Gasteiger partial charge in [-0.1, -0.05) is 15.9 Å². The molecule has 0 aromatic heterocycles. The first kappa shape index (κ1) is 13.5. The number of nitrogens with zero attached hydrogens (tertiary/aromatic N) is 1. The Kier molecular flexibility index (Phi) is 4.16. The number of halogens is 2. The van der Waals surface area contributed by atoms with Crippen molar-refractivity contribution in [1.82, 2.24) is 0 Å². The lowest BCUT2D eigenvalue weighted by Crippen LogP contribution is -1.89. The van der Waals surface area contributed by atoms with Gasteiger partial charge in [-0.15, -0.1) is 0 Å². The fourth-order valence-corrected chi connectivity index (χ4v) is 1.97. The molecule has 0 aliphatic heterocycles. The molecular formula is C14H11BrFNO2. The molecule has 5 heteroatoms. The number of phenols is 1. The molecule has 2 aromatic rings. The molecule has 1 N–H and O–H groups in total. The molecule has 98 valence electrons. The van der Waals surface area contributed by atoms with E-state index in [1.807, 2.05) is 0 Å². The molecule has 0 heterocycles. The molecule has 0 amide bonds. The highest BCUT2D eigenvalue weighted by atomic mass is 79.9. The first-order valence-corrected chi connectivity index (χ1v) is 6.25. The molecule has 0 atom stereocenters. The number of rotatable bonds is 3. The molecule has 0 aliphatic carbocycles. The van der Waals surface area contributed by atoms with E-state index in [1.54, 1.807) is 24.3 Å². The highest BCUT2D eigenvalue weighted by molar-refractivity contribution is 9.10. The summed E-state index contributed by atoms with van der Waals surface area (Å²) in [5.41, 5.74) is 1.11. The zero-order valence-corrected chi connectivity index (χ0v) is 11.7. The highest BCUT2D eigenvalue weighted by Crippen LogP contribution is 2.32. The van der Waals surface area contributed by atoms with Gasteiger partial charge in [0.1, 0.15) is 5.82 Å². The van der Waals surface area contributed by atoms with E-state index in [1.165, 1.54) is 25.5 Å². The smallest absolute Gasteiger partial charge is 0.166 e. The van der Waals surface area contributed by atoms with Gasteiger partial charge in [-0.2, -0.15) is 0 Å². The van der Waals surface area contributed by atoms with E-state index in [0.29, 0.717) is 17.0 Å². The van der Waals surface area contributed by atoms with E-state index in [4.69, 9.17) is 4.74 Å². The average Bonchev–Trinajstić information content (AvgIpc) is 2.41. The topological polar surface area (TPSA) is 41.8 Å². The molecule has 0 saturated heterocycles. The summed E-state index contributed by atoms with van der Waals surface area (Å²) in [5, 5.41) is 9.94. The summed E-state index contributed by atoms with van der Waals surface area (Å²) < 4.78 is 18.6. The predicted octanol–water partition coefficient (Wildman–Crippen LogP) is 4.05. The van der Waals surface area contributed by atoms with Crippen LogP contribution in [0.5, 0.6) is 11.5 Å². The van der Waals surface area contributed by atoms with Crippen molar-refractivity contribution < 1.29 is 14.2 Å². The van der Waals surface area contributed by atoms with Crippen molar-refractivity contribution in [3.05, 3.63) is 52.3 Å². The van der Waals surface area contributed by atoms with Gasteiger partial charge in [-0.3, -0.25) is 4.99 Å². The number of hydrogen-bond acceptors (Lipinski definition) is 3. The monoisotopic (exact) mass is 323 g/mol. The Labute approximate surface area is 118 Å². The van der Waals surface area contributed by atoms with Gasteiger partial charge in [0.15, 0.2) is 11.5 Å². The predicted molar refractivity (Wildman–Crippen MR) is 76.0 cm³/mol. The lowest BCUT2D eigenvalue weighted by molar-refractivity contribution is 0.373. The third-order valence-corrected chi connectivity index (χ3v) is 2.93. The minimum absolute atomic E-state index is 0.0107. The molecule has 0 bridgehead atoms. The van der Waals surface area contributed by atoms with Crippen molar-refractivity contribution in [2.75, 3.05) is 7.11 Å². The largest absolute Gasteiger partial charge is 0.504 e. The van der Waals surface area contributed by atoms with E-state index in [-0.39, 0.29) is 11.6 Å². The van der Waals surface area contributed by atoms with Crippen LogP contribution < -0.4 is 4.74 Å². The number of aliphatic imine (C=N–C) groups is 1. The van der Waals surface area contributed by atoms with Crippen LogP contribution in [0.1, 0.15) is 5.56 Å². The van der Waals surface area contributed by atoms with Gasteiger partial charge in [0.2, 0.25) is 0 Å². The lowest BCUT2D eigenvalue weighted by atomic mass is 10.2. The number of hydrogen-bond donors (Lipinski definition) is 1. The van der Waals surface area contributed by atoms with Gasteiger partial charge in [0, 0.05) is 16.3 Å². The second-order valence-corrected chi connectivity index (χ2v) is 4.70. The van der Waals surface area contributed by atoms with E-state index in [9.17, 15) is 9.50 Å². The zero-order chi connectivity index (χ0) is 13.8. The number of benzene rings is 2. The fraction of sp³-hybridized carbons (Fsp3) is 0.0714. The Balaban J connectivity index is 2.32. The number of aromatic hydroxyl groups is 1. The van der Waals surface area contributed by atoms with E-state index >= 15 is 0 Å². The van der Waals surface area contributed by atoms with Crippen LogP contribution in [0.15, 0.2) is 45.9 Å². The van der Waals surface area contributed by atoms with Crippen molar-refractivity contribution >= 4 is 27.8 Å². The summed E-state index contributed by atoms with van der Waals surface area (Å²) in [7, 11) is 1.47. The average molecular weight is 324 g/mol. The fourth-order valence-electron chi connectivity index (χ4n) is 1.52. The maximum Gasteiger partial charge on any atom is 0.166 e. The van der Waals surface area contributed by atoms with Crippen molar-refractivity contribution in [3.63, 3.8) is 0 Å². The van der Waals surface area contributed by atoms with Crippen LogP contribution in [-0.4, -0.2) is 18.4 Å². The van der Waals surface area contributed by atoms with Gasteiger partial charge < -0.3 is 9.84 Å². The van der Waals surface area contributed by atoms with Gasteiger partial charge in [0.25, 0.3) is 0 Å². The van der Waals surface area contributed by atoms with Gasteiger partial charge >= 0.3 is 0 Å². The number of phenolic OH excluding ortho intramolecular Hbond substituents is 1. The molecule has 3 nitrogen and oxygen atoms in total. The molecule has 2 rings (SSSR count). The molecule has 0 aliphatic rings. The van der Waals surface area contributed by atoms with E-state index in [2.05, 4.69) is 20.9 Å². The third-order valence-electron chi connectivity index (χ3n) is 2.47. The van der Waals surface area contributed by atoms with Crippen molar-refractivity contribution in [2.24, 2.45) is 4.99 Å². The van der Waals surface area contributed by atoms with Crippen molar-refractivity contribution in [2.45, 2.75) is 0 Å². The Morgan fingerprint density at radius 3 is 2.58 bits per heavy atom. The Bertz CT molecular complexity index is 612. The SMILES string of the molecule is COc1cc(Br)cc(C=Nc2ccc(F)cc2)c1O. The maximum absolute atomic E-state index is 12.8. The van der Waals surface area contributed by atoms with Crippen LogP contribution in [0.3, 0.4) is 0 Å². The molecule has 0 radical (unpaired) electrons. The first-order chi connectivity index (χ1) is 9.10. The molecule has 2 aromatic carbocycles. The number of methoxy groups -OCH3 is 1. The maximum atomic E-state index is 12.8. The minimum Gasteiger partial charge on any atom is -0.504 e. The van der Waals surface area contributed by atoms with Crippen LogP contribution in [0.2, 0.25) is 0 Å². The van der Waals surface area contributed by atoms with E-state index < -0.39 is 0 Å². The van der Waals surface area contributed by atoms with Crippen LogP contribution in [0.4, 0.5) is 10.1 Å². The second-order valence-electron chi connectivity index (χ2n) is 3.78. The van der Waals surface area contributed by atoms with Crippen LogP contribution in [-0.2, 0) is 0 Å². The van der Waals surface area contributed by atoms with Gasteiger partial charge in [0.05, 0.1) is 12.8 Å². The van der Waals surface area contributed by atoms with E-state index in [0.717, 1.165) is 4.47 Å². The summed E-state index contributed by atoms with van der Waals surface area (Å²) in [6, 6.07) is 9.13. The van der Waals surface area contributed by atoms with Crippen molar-refractivity contribution in [3.8, 4) is 11.5 Å². The number of ether oxygens (including phenoxy) is 1. The first-order valence-electron chi connectivity index (χ1n) is 5.46. The van der Waals surface area contributed by atoms with Crippen LogP contribution in [0, 0.1) is 5.82 Å². The highest BCUT2D eigenvalue weighted by Gasteiger charge is 2.07. The summed E-state index contributed by atoms with van der Waals surface area (Å²) in [5.74, 6) is 0.0532. The summed E-state index contributed by atoms with van der Waals surface area (Å²) in [4.78, 5) is 4.17. The molecule has 0 saturated carbocycles. The Morgan fingerprint density at radius 2 is 1.95 bits per heavy atom. The van der Waals surface area contributed by atoms with Crippen LogP contribution in [0.25, 0.3) is 0 Å². The van der Waals surface area contributed by atoms with Crippen molar-refractivity contribution in [1.29, 1.82) is 0 Å². The molecule has 0 unspecified atom stereocenters.